The molecule has 0 aliphatic heterocycles. The third-order valence-electron chi connectivity index (χ3n) is 1.41. The lowest BCUT2D eigenvalue weighted by Gasteiger charge is -2.18. The van der Waals surface area contributed by atoms with Crippen molar-refractivity contribution in [2.75, 3.05) is 0 Å². The van der Waals surface area contributed by atoms with E-state index in [0.717, 1.165) is 0 Å². The van der Waals surface area contributed by atoms with Crippen molar-refractivity contribution in [1.29, 1.82) is 0 Å². The van der Waals surface area contributed by atoms with Gasteiger partial charge in [0.25, 0.3) is 0 Å². The number of rotatable bonds is 1. The standard InChI is InChI=1S/C8H10F3N3O2/c1-7(2,3)16-6(15)4-5(8(9,10)11)13-14-12-4/h1-3H3,(H,12,13,14). The predicted octanol–water partition coefficient (Wildman–Crippen LogP) is 1.78. The summed E-state index contributed by atoms with van der Waals surface area (Å²) in [7, 11) is 0. The molecule has 0 saturated heterocycles. The Bertz CT molecular complexity index is 392. The van der Waals surface area contributed by atoms with Gasteiger partial charge in [0.1, 0.15) is 5.60 Å². The molecule has 1 aromatic rings. The quantitative estimate of drug-likeness (QED) is 0.756. The number of aromatic amines is 1. The Morgan fingerprint density at radius 2 is 1.81 bits per heavy atom. The van der Waals surface area contributed by atoms with Gasteiger partial charge in [-0.25, -0.2) is 4.79 Å². The van der Waals surface area contributed by atoms with E-state index < -0.39 is 29.1 Å². The van der Waals surface area contributed by atoms with Crippen molar-refractivity contribution < 1.29 is 22.7 Å². The number of nitrogens with zero attached hydrogens (tertiary/aromatic N) is 2. The van der Waals surface area contributed by atoms with Gasteiger partial charge in [0.15, 0.2) is 0 Å². The first-order valence-electron chi connectivity index (χ1n) is 4.32. The molecule has 1 heterocycles. The van der Waals surface area contributed by atoms with Gasteiger partial charge in [-0.05, 0) is 20.8 Å². The van der Waals surface area contributed by atoms with E-state index >= 15 is 0 Å². The average molecular weight is 237 g/mol. The summed E-state index contributed by atoms with van der Waals surface area (Å²) in [6.45, 7) is 4.62. The largest absolute Gasteiger partial charge is 0.455 e. The molecular formula is C8H10F3N3O2. The number of carbonyl (C=O) groups is 1. The molecule has 0 aliphatic carbocycles. The number of H-pyrrole nitrogens is 1. The van der Waals surface area contributed by atoms with E-state index in [1.807, 2.05) is 0 Å². The Balaban J connectivity index is 2.98. The molecule has 0 bridgehead atoms. The summed E-state index contributed by atoms with van der Waals surface area (Å²) < 4.78 is 41.8. The van der Waals surface area contributed by atoms with Gasteiger partial charge >= 0.3 is 12.1 Å². The zero-order valence-corrected chi connectivity index (χ0v) is 8.84. The van der Waals surface area contributed by atoms with Crippen LogP contribution in [-0.2, 0) is 10.9 Å². The van der Waals surface area contributed by atoms with Crippen LogP contribution in [0.15, 0.2) is 0 Å². The molecular weight excluding hydrogens is 227 g/mol. The van der Waals surface area contributed by atoms with Crippen LogP contribution >= 0.6 is 0 Å². The summed E-state index contributed by atoms with van der Waals surface area (Å²) in [6, 6.07) is 0. The minimum absolute atomic E-state index is 0.859. The van der Waals surface area contributed by atoms with E-state index in [-0.39, 0.29) is 0 Å². The molecule has 1 aromatic heterocycles. The van der Waals surface area contributed by atoms with Crippen LogP contribution in [0, 0.1) is 0 Å². The van der Waals surface area contributed by atoms with Crippen molar-refractivity contribution in [2.24, 2.45) is 0 Å². The maximum absolute atomic E-state index is 12.3. The van der Waals surface area contributed by atoms with E-state index in [2.05, 4.69) is 10.2 Å². The summed E-state index contributed by atoms with van der Waals surface area (Å²) in [6.07, 6.45) is -4.74. The monoisotopic (exact) mass is 237 g/mol. The van der Waals surface area contributed by atoms with Gasteiger partial charge in [-0.1, -0.05) is 0 Å². The zero-order chi connectivity index (χ0) is 12.6. The fraction of sp³-hybridized carbons (Fsp3) is 0.625. The van der Waals surface area contributed by atoms with Crippen LogP contribution in [0.3, 0.4) is 0 Å². The second-order valence-corrected chi connectivity index (χ2v) is 4.02. The highest BCUT2D eigenvalue weighted by Gasteiger charge is 2.40. The number of carbonyl (C=O) groups excluding carboxylic acids is 1. The average Bonchev–Trinajstić information content (AvgIpc) is 2.45. The molecule has 90 valence electrons. The van der Waals surface area contributed by atoms with Gasteiger partial charge in [0.05, 0.1) is 0 Å². The topological polar surface area (TPSA) is 67.9 Å². The van der Waals surface area contributed by atoms with Gasteiger partial charge in [0.2, 0.25) is 11.4 Å². The number of aromatic nitrogens is 3. The van der Waals surface area contributed by atoms with E-state index in [1.54, 1.807) is 5.21 Å². The van der Waals surface area contributed by atoms with E-state index in [4.69, 9.17) is 4.74 Å². The van der Waals surface area contributed by atoms with Gasteiger partial charge in [0, 0.05) is 0 Å². The van der Waals surface area contributed by atoms with E-state index in [1.165, 1.54) is 20.8 Å². The Morgan fingerprint density at radius 1 is 1.25 bits per heavy atom. The van der Waals surface area contributed by atoms with Gasteiger partial charge in [-0.3, -0.25) is 0 Å². The maximum Gasteiger partial charge on any atom is 0.437 e. The molecule has 0 aromatic carbocycles. The second-order valence-electron chi connectivity index (χ2n) is 4.02. The minimum atomic E-state index is -4.74. The molecule has 0 amide bonds. The van der Waals surface area contributed by atoms with Crippen molar-refractivity contribution in [2.45, 2.75) is 32.5 Å². The number of alkyl halides is 3. The molecule has 8 heteroatoms. The van der Waals surface area contributed by atoms with Crippen molar-refractivity contribution in [3.63, 3.8) is 0 Å². The van der Waals surface area contributed by atoms with Crippen molar-refractivity contribution in [3.05, 3.63) is 11.4 Å². The number of ether oxygens (including phenoxy) is 1. The van der Waals surface area contributed by atoms with Gasteiger partial charge in [-0.15, -0.1) is 5.10 Å². The fourth-order valence-electron chi connectivity index (χ4n) is 0.897. The van der Waals surface area contributed by atoms with Crippen LogP contribution in [0.1, 0.15) is 37.0 Å². The second kappa shape index (κ2) is 3.76. The summed E-state index contributed by atoms with van der Waals surface area (Å²) in [5, 5.41) is 7.76. The fourth-order valence-corrected chi connectivity index (χ4v) is 0.897. The lowest BCUT2D eigenvalue weighted by molar-refractivity contribution is -0.141. The number of hydrogen-bond donors (Lipinski definition) is 1. The number of nitrogens with one attached hydrogen (secondary N) is 1. The lowest BCUT2D eigenvalue weighted by atomic mass is 10.2. The van der Waals surface area contributed by atoms with Gasteiger partial charge in [-0.2, -0.15) is 23.5 Å². The Hall–Kier alpha value is -1.60. The van der Waals surface area contributed by atoms with Crippen molar-refractivity contribution >= 4 is 5.97 Å². The molecule has 0 saturated carbocycles. The molecule has 0 aliphatic rings. The zero-order valence-electron chi connectivity index (χ0n) is 8.84. The van der Waals surface area contributed by atoms with Crippen LogP contribution < -0.4 is 0 Å². The summed E-state index contributed by atoms with van der Waals surface area (Å²) >= 11 is 0. The third-order valence-corrected chi connectivity index (χ3v) is 1.41. The summed E-state index contributed by atoms with van der Waals surface area (Å²) in [4.78, 5) is 11.3. The van der Waals surface area contributed by atoms with Crippen LogP contribution in [0.25, 0.3) is 0 Å². The highest BCUT2D eigenvalue weighted by atomic mass is 19.4. The molecule has 0 atom stereocenters. The maximum atomic E-state index is 12.3. The SMILES string of the molecule is CC(C)(C)OC(=O)c1n[nH]nc1C(F)(F)F. The highest BCUT2D eigenvalue weighted by molar-refractivity contribution is 5.88. The van der Waals surface area contributed by atoms with Crippen LogP contribution in [0.2, 0.25) is 0 Å². The molecule has 1 rings (SSSR count). The molecule has 0 fully saturated rings. The van der Waals surface area contributed by atoms with Crippen LogP contribution in [0.4, 0.5) is 13.2 Å². The first-order valence-corrected chi connectivity index (χ1v) is 4.32. The Labute approximate surface area is 89.0 Å². The molecule has 0 unspecified atom stereocenters. The highest BCUT2D eigenvalue weighted by Crippen LogP contribution is 2.29. The molecule has 0 spiro atoms. The molecule has 0 radical (unpaired) electrons. The van der Waals surface area contributed by atoms with E-state index in [9.17, 15) is 18.0 Å². The third kappa shape index (κ3) is 2.94. The smallest absolute Gasteiger partial charge is 0.437 e. The minimum Gasteiger partial charge on any atom is -0.455 e. The Morgan fingerprint density at radius 3 is 2.25 bits per heavy atom. The van der Waals surface area contributed by atoms with E-state index in [0.29, 0.717) is 0 Å². The first-order chi connectivity index (χ1) is 7.11. The van der Waals surface area contributed by atoms with Crippen LogP contribution in [0.5, 0.6) is 0 Å². The lowest BCUT2D eigenvalue weighted by Crippen LogP contribution is -2.25. The van der Waals surface area contributed by atoms with Crippen molar-refractivity contribution in [1.82, 2.24) is 15.4 Å². The predicted molar refractivity (Wildman–Crippen MR) is 46.6 cm³/mol. The van der Waals surface area contributed by atoms with Crippen LogP contribution in [-0.4, -0.2) is 27.0 Å². The number of hydrogen-bond acceptors (Lipinski definition) is 4. The number of esters is 1. The van der Waals surface area contributed by atoms with Gasteiger partial charge < -0.3 is 4.74 Å². The first kappa shape index (κ1) is 12.5. The number of halogens is 3. The summed E-state index contributed by atoms with van der Waals surface area (Å²) in [5.41, 5.74) is -3.12. The molecule has 16 heavy (non-hydrogen) atoms. The normalized spacial score (nSPS) is 12.6. The summed E-state index contributed by atoms with van der Waals surface area (Å²) in [5.74, 6) is -1.16. The Kier molecular flexibility index (Phi) is 2.93. The van der Waals surface area contributed by atoms with Crippen molar-refractivity contribution in [3.8, 4) is 0 Å². The molecule has 1 N–H and O–H groups in total. The molecule has 5 nitrogen and oxygen atoms in total.